The van der Waals surface area contributed by atoms with E-state index in [2.05, 4.69) is 15.3 Å². The van der Waals surface area contributed by atoms with Crippen molar-refractivity contribution in [3.63, 3.8) is 0 Å². The van der Waals surface area contributed by atoms with E-state index in [4.69, 9.17) is 14.5 Å². The second kappa shape index (κ2) is 8.24. The van der Waals surface area contributed by atoms with Crippen molar-refractivity contribution in [3.05, 3.63) is 65.0 Å². The predicted octanol–water partition coefficient (Wildman–Crippen LogP) is 1.66. The zero-order valence-corrected chi connectivity index (χ0v) is 17.0. The van der Waals surface area contributed by atoms with Gasteiger partial charge in [0.1, 0.15) is 17.8 Å². The van der Waals surface area contributed by atoms with Crippen LogP contribution in [0.2, 0.25) is 0 Å². The lowest BCUT2D eigenvalue weighted by atomic mass is 10.0. The van der Waals surface area contributed by atoms with Crippen LogP contribution in [-0.4, -0.2) is 47.0 Å². The minimum Gasteiger partial charge on any atom is -0.496 e. The Hall–Kier alpha value is -3.88. The smallest absolute Gasteiger partial charge is 0.255 e. The van der Waals surface area contributed by atoms with Crippen molar-refractivity contribution in [2.45, 2.75) is 0 Å². The molecular formula is C21H22N6O3. The molecule has 0 saturated carbocycles. The Bertz CT molecular complexity index is 1120. The summed E-state index contributed by atoms with van der Waals surface area (Å²) in [6.07, 6.45) is 4.99. The molecule has 0 spiro atoms. The lowest BCUT2D eigenvalue weighted by molar-refractivity contribution is 0.391. The summed E-state index contributed by atoms with van der Waals surface area (Å²) in [5.41, 5.74) is 2.74. The normalized spacial score (nSPS) is 13.4. The monoisotopic (exact) mass is 406 g/mol. The van der Waals surface area contributed by atoms with Crippen molar-refractivity contribution < 1.29 is 9.47 Å². The Morgan fingerprint density at radius 1 is 1.10 bits per heavy atom. The van der Waals surface area contributed by atoms with Crippen molar-refractivity contribution in [1.29, 1.82) is 0 Å². The topological polar surface area (TPSA) is 94.4 Å². The Morgan fingerprint density at radius 2 is 1.87 bits per heavy atom. The summed E-state index contributed by atoms with van der Waals surface area (Å²) in [6, 6.07) is 8.86. The molecule has 0 saturated heterocycles. The molecule has 9 heteroatoms. The quantitative estimate of drug-likeness (QED) is 0.684. The van der Waals surface area contributed by atoms with Crippen LogP contribution in [0.15, 0.2) is 53.9 Å². The van der Waals surface area contributed by atoms with E-state index in [0.29, 0.717) is 42.0 Å². The van der Waals surface area contributed by atoms with Gasteiger partial charge < -0.3 is 19.7 Å². The summed E-state index contributed by atoms with van der Waals surface area (Å²) in [6.45, 7) is 1.01. The van der Waals surface area contributed by atoms with Gasteiger partial charge in [0.25, 0.3) is 5.56 Å². The standard InChI is InChI=1S/C21H22N6O3/c1-26-19(28)9-16(15-7-8-22-12-24-15)25-21(26)27-11-14(10-23-13-27)20-17(29-2)5-4-6-18(20)30-3/h4-10,12,23H,11,13H2,1-3H3. The van der Waals surface area contributed by atoms with Gasteiger partial charge >= 0.3 is 0 Å². The van der Waals surface area contributed by atoms with Crippen LogP contribution in [-0.2, 0) is 7.05 Å². The van der Waals surface area contributed by atoms with Gasteiger partial charge in [0.2, 0.25) is 5.95 Å². The number of hydrogen-bond donors (Lipinski definition) is 1. The van der Waals surface area contributed by atoms with Gasteiger partial charge in [0, 0.05) is 37.6 Å². The van der Waals surface area contributed by atoms with Crippen molar-refractivity contribution in [2.75, 3.05) is 32.3 Å². The molecule has 4 rings (SSSR count). The van der Waals surface area contributed by atoms with Crippen molar-refractivity contribution in [3.8, 4) is 22.9 Å². The third-order valence-corrected chi connectivity index (χ3v) is 4.91. The van der Waals surface area contributed by atoms with Gasteiger partial charge in [0.15, 0.2) is 0 Å². The molecule has 0 amide bonds. The van der Waals surface area contributed by atoms with E-state index in [-0.39, 0.29) is 5.56 Å². The fourth-order valence-electron chi connectivity index (χ4n) is 3.43. The molecule has 2 aromatic heterocycles. The zero-order valence-electron chi connectivity index (χ0n) is 17.0. The van der Waals surface area contributed by atoms with E-state index in [1.165, 1.54) is 17.0 Å². The van der Waals surface area contributed by atoms with Crippen molar-refractivity contribution >= 4 is 11.5 Å². The highest BCUT2D eigenvalue weighted by Crippen LogP contribution is 2.36. The van der Waals surface area contributed by atoms with Crippen LogP contribution in [0.25, 0.3) is 17.0 Å². The van der Waals surface area contributed by atoms with Gasteiger partial charge in [-0.2, -0.15) is 0 Å². The molecule has 30 heavy (non-hydrogen) atoms. The van der Waals surface area contributed by atoms with Gasteiger partial charge in [-0.1, -0.05) is 6.07 Å². The molecule has 3 aromatic rings. The molecule has 154 valence electrons. The predicted molar refractivity (Wildman–Crippen MR) is 113 cm³/mol. The van der Waals surface area contributed by atoms with E-state index in [0.717, 1.165) is 11.1 Å². The van der Waals surface area contributed by atoms with Gasteiger partial charge in [-0.3, -0.25) is 9.36 Å². The van der Waals surface area contributed by atoms with Crippen LogP contribution in [0.5, 0.6) is 11.5 Å². The van der Waals surface area contributed by atoms with Crippen LogP contribution < -0.4 is 25.2 Å². The Labute approximate surface area is 173 Å². The number of nitrogens with one attached hydrogen (secondary N) is 1. The Balaban J connectivity index is 1.74. The molecule has 3 heterocycles. The van der Waals surface area contributed by atoms with Gasteiger partial charge in [0.05, 0.1) is 37.8 Å². The Kier molecular flexibility index (Phi) is 5.34. The molecule has 1 aromatic carbocycles. The molecule has 0 radical (unpaired) electrons. The molecule has 0 atom stereocenters. The second-order valence-electron chi connectivity index (χ2n) is 6.70. The minimum absolute atomic E-state index is 0.167. The van der Waals surface area contributed by atoms with Gasteiger partial charge in [-0.25, -0.2) is 15.0 Å². The first-order valence-electron chi connectivity index (χ1n) is 9.35. The summed E-state index contributed by atoms with van der Waals surface area (Å²) < 4.78 is 12.6. The highest BCUT2D eigenvalue weighted by Gasteiger charge is 2.23. The summed E-state index contributed by atoms with van der Waals surface area (Å²) in [7, 11) is 4.96. The molecule has 0 fully saturated rings. The fraction of sp³-hybridized carbons (Fsp3) is 0.238. The number of rotatable bonds is 5. The molecule has 1 N–H and O–H groups in total. The molecule has 0 aliphatic carbocycles. The first kappa shape index (κ1) is 19.4. The van der Waals surface area contributed by atoms with Crippen molar-refractivity contribution in [1.82, 2.24) is 24.8 Å². The SMILES string of the molecule is COc1cccc(OC)c1C1=CNCN(c2nc(-c3ccncn3)cc(=O)n2C)C1. The zero-order chi connectivity index (χ0) is 21.1. The molecule has 9 nitrogen and oxygen atoms in total. The summed E-state index contributed by atoms with van der Waals surface area (Å²) in [5.74, 6) is 1.95. The van der Waals surface area contributed by atoms with E-state index in [1.54, 1.807) is 33.5 Å². The number of hydrogen-bond acceptors (Lipinski definition) is 8. The molecular weight excluding hydrogens is 384 g/mol. The van der Waals surface area contributed by atoms with Crippen LogP contribution in [0, 0.1) is 0 Å². The Morgan fingerprint density at radius 3 is 2.53 bits per heavy atom. The molecule has 0 unspecified atom stereocenters. The second-order valence-corrected chi connectivity index (χ2v) is 6.70. The number of ether oxygens (including phenoxy) is 2. The average molecular weight is 406 g/mol. The van der Waals surface area contributed by atoms with E-state index in [1.807, 2.05) is 29.3 Å². The van der Waals surface area contributed by atoms with Gasteiger partial charge in [-0.05, 0) is 18.2 Å². The number of anilines is 1. The highest BCUT2D eigenvalue weighted by atomic mass is 16.5. The maximum atomic E-state index is 12.6. The number of aromatic nitrogens is 4. The molecule has 0 bridgehead atoms. The number of nitrogens with zero attached hydrogens (tertiary/aromatic N) is 5. The number of methoxy groups -OCH3 is 2. The maximum Gasteiger partial charge on any atom is 0.255 e. The van der Waals surface area contributed by atoms with Gasteiger partial charge in [-0.15, -0.1) is 0 Å². The maximum absolute atomic E-state index is 12.6. The molecule has 1 aliphatic heterocycles. The third-order valence-electron chi connectivity index (χ3n) is 4.91. The van der Waals surface area contributed by atoms with Crippen LogP contribution in [0.3, 0.4) is 0 Å². The fourth-order valence-corrected chi connectivity index (χ4v) is 3.43. The van der Waals surface area contributed by atoms with Crippen LogP contribution >= 0.6 is 0 Å². The van der Waals surface area contributed by atoms with E-state index >= 15 is 0 Å². The molecule has 1 aliphatic rings. The first-order chi connectivity index (χ1) is 14.6. The van der Waals surface area contributed by atoms with E-state index in [9.17, 15) is 4.79 Å². The lowest BCUT2D eigenvalue weighted by Crippen LogP contribution is -2.41. The van der Waals surface area contributed by atoms with Crippen LogP contribution in [0.1, 0.15) is 5.56 Å². The highest BCUT2D eigenvalue weighted by molar-refractivity contribution is 5.78. The largest absolute Gasteiger partial charge is 0.496 e. The van der Waals surface area contributed by atoms with Crippen molar-refractivity contribution in [2.24, 2.45) is 7.05 Å². The lowest BCUT2D eigenvalue weighted by Gasteiger charge is -2.31. The summed E-state index contributed by atoms with van der Waals surface area (Å²) in [5, 5.41) is 3.26. The summed E-state index contributed by atoms with van der Waals surface area (Å²) in [4.78, 5) is 27.4. The van der Waals surface area contributed by atoms with E-state index < -0.39 is 0 Å². The third kappa shape index (κ3) is 3.57. The minimum atomic E-state index is -0.167. The first-order valence-corrected chi connectivity index (χ1v) is 9.35. The summed E-state index contributed by atoms with van der Waals surface area (Å²) >= 11 is 0. The number of benzene rings is 1. The average Bonchev–Trinajstić information content (AvgIpc) is 2.80. The van der Waals surface area contributed by atoms with Crippen LogP contribution in [0.4, 0.5) is 5.95 Å².